The maximum absolute atomic E-state index is 12.6. The number of oxime groups is 1. The van der Waals surface area contributed by atoms with Crippen LogP contribution in [0.25, 0.3) is 0 Å². The van der Waals surface area contributed by atoms with Crippen molar-refractivity contribution >= 4 is 23.3 Å². The molecule has 4 nitrogen and oxygen atoms in total. The monoisotopic (exact) mass is 325 g/mol. The number of carbonyl (C=O) groups excluding carboxylic acids is 1. The topological polar surface area (TPSA) is 58.9 Å². The third-order valence-electron chi connectivity index (χ3n) is 4.41. The Kier molecular flexibility index (Phi) is 6.80. The first kappa shape index (κ1) is 17.4. The molecule has 1 aliphatic carbocycles. The molecule has 2 atom stereocenters. The van der Waals surface area contributed by atoms with Gasteiger partial charge in [-0.2, -0.15) is 11.8 Å². The highest BCUT2D eigenvalue weighted by Gasteiger charge is 2.35. The molecule has 1 saturated heterocycles. The predicted octanol–water partition coefficient (Wildman–Crippen LogP) is 4.11. The van der Waals surface area contributed by atoms with Gasteiger partial charge in [-0.1, -0.05) is 18.5 Å². The number of rotatable bonds is 6. The molecule has 0 aromatic rings. The van der Waals surface area contributed by atoms with Crippen LogP contribution in [0.15, 0.2) is 16.5 Å². The van der Waals surface area contributed by atoms with E-state index in [1.807, 2.05) is 25.6 Å². The van der Waals surface area contributed by atoms with Gasteiger partial charge < -0.3 is 9.94 Å². The smallest absolute Gasteiger partial charge is 0.168 e. The van der Waals surface area contributed by atoms with Crippen molar-refractivity contribution in [3.8, 4) is 0 Å². The Bertz CT molecular complexity index is 453. The Morgan fingerprint density at radius 2 is 2.18 bits per heavy atom. The largest absolute Gasteiger partial charge is 0.511 e. The lowest BCUT2D eigenvalue weighted by atomic mass is 9.76. The van der Waals surface area contributed by atoms with Gasteiger partial charge in [0.05, 0.1) is 11.3 Å². The van der Waals surface area contributed by atoms with E-state index in [1.54, 1.807) is 0 Å². The zero-order valence-corrected chi connectivity index (χ0v) is 14.5. The highest BCUT2D eigenvalue weighted by atomic mass is 32.2. The molecule has 0 aromatic heterocycles. The first-order valence-corrected chi connectivity index (χ1v) is 9.55. The van der Waals surface area contributed by atoms with E-state index in [-0.39, 0.29) is 11.5 Å². The van der Waals surface area contributed by atoms with Gasteiger partial charge in [0.25, 0.3) is 0 Å². The summed E-state index contributed by atoms with van der Waals surface area (Å²) in [5.74, 6) is 3.46. The fraction of sp³-hybridized carbons (Fsp3) is 0.765. The van der Waals surface area contributed by atoms with Gasteiger partial charge in [0.2, 0.25) is 0 Å². The minimum Gasteiger partial charge on any atom is -0.511 e. The van der Waals surface area contributed by atoms with E-state index in [0.717, 1.165) is 12.2 Å². The van der Waals surface area contributed by atoms with E-state index in [1.165, 1.54) is 18.6 Å². The van der Waals surface area contributed by atoms with Crippen LogP contribution in [0.2, 0.25) is 0 Å². The molecule has 0 amide bonds. The maximum atomic E-state index is 12.6. The van der Waals surface area contributed by atoms with Crippen molar-refractivity contribution in [1.29, 1.82) is 0 Å². The van der Waals surface area contributed by atoms with Gasteiger partial charge >= 0.3 is 0 Å². The Balaban J connectivity index is 2.15. The number of ketones is 1. The van der Waals surface area contributed by atoms with Gasteiger partial charge in [-0.25, -0.2) is 0 Å². The van der Waals surface area contributed by atoms with E-state index in [4.69, 9.17) is 4.84 Å². The SMILES string of the molecule is CCCC(=NOCC)C1=C(O)CC(C2CCCSC2)CC1=O. The number of Topliss-reactive ketones (excluding diaryl/α,β-unsaturated/α-hetero) is 1. The number of hydrogen-bond donors (Lipinski definition) is 1. The minimum atomic E-state index is 0.0382. The molecule has 2 rings (SSSR count). The van der Waals surface area contributed by atoms with Crippen LogP contribution in [0.4, 0.5) is 0 Å². The molecule has 1 N–H and O–H groups in total. The van der Waals surface area contributed by atoms with Crippen molar-refractivity contribution in [3.63, 3.8) is 0 Å². The van der Waals surface area contributed by atoms with Crippen LogP contribution in [0.3, 0.4) is 0 Å². The fourth-order valence-electron chi connectivity index (χ4n) is 3.32. The van der Waals surface area contributed by atoms with Crippen molar-refractivity contribution in [2.45, 2.75) is 52.4 Å². The molecular weight excluding hydrogens is 298 g/mol. The normalized spacial score (nSPS) is 27.2. The third-order valence-corrected chi connectivity index (χ3v) is 5.65. The molecule has 0 saturated carbocycles. The average molecular weight is 325 g/mol. The van der Waals surface area contributed by atoms with Crippen LogP contribution in [0, 0.1) is 11.8 Å². The second kappa shape index (κ2) is 8.61. The lowest BCUT2D eigenvalue weighted by Crippen LogP contribution is -2.30. The molecule has 1 aliphatic heterocycles. The summed E-state index contributed by atoms with van der Waals surface area (Å²) in [6, 6.07) is 0. The Hall–Kier alpha value is -0.970. The van der Waals surface area contributed by atoms with Crippen molar-refractivity contribution in [2.24, 2.45) is 17.0 Å². The number of aliphatic hydroxyl groups is 1. The molecule has 124 valence electrons. The average Bonchev–Trinajstić information content (AvgIpc) is 2.52. The highest BCUT2D eigenvalue weighted by molar-refractivity contribution is 7.99. The summed E-state index contributed by atoms with van der Waals surface area (Å²) in [5, 5.41) is 14.5. The Morgan fingerprint density at radius 1 is 1.36 bits per heavy atom. The molecule has 0 spiro atoms. The standard InChI is InChI=1S/C17H27NO3S/c1-3-6-14(18-21-4-2)17-15(19)9-13(10-16(17)20)12-7-5-8-22-11-12/h12-13,19H,3-11H2,1-2H3. The second-order valence-electron chi connectivity index (χ2n) is 6.10. The van der Waals surface area contributed by atoms with Crippen LogP contribution in [-0.2, 0) is 9.63 Å². The summed E-state index contributed by atoms with van der Waals surface area (Å²) in [7, 11) is 0. The molecule has 22 heavy (non-hydrogen) atoms. The summed E-state index contributed by atoms with van der Waals surface area (Å²) in [6.07, 6.45) is 5.10. The summed E-state index contributed by atoms with van der Waals surface area (Å²) in [6.45, 7) is 4.37. The van der Waals surface area contributed by atoms with Gasteiger partial charge in [-0.15, -0.1) is 0 Å². The Labute approximate surface area is 137 Å². The van der Waals surface area contributed by atoms with E-state index in [2.05, 4.69) is 5.16 Å². The molecule has 0 radical (unpaired) electrons. The van der Waals surface area contributed by atoms with Gasteiger partial charge in [-0.05, 0) is 49.5 Å². The molecular formula is C17H27NO3S. The zero-order chi connectivity index (χ0) is 15.9. The van der Waals surface area contributed by atoms with Crippen LogP contribution in [0.1, 0.15) is 52.4 Å². The summed E-state index contributed by atoms with van der Waals surface area (Å²) in [4.78, 5) is 17.7. The lowest BCUT2D eigenvalue weighted by molar-refractivity contribution is -0.117. The first-order chi connectivity index (χ1) is 10.7. The highest BCUT2D eigenvalue weighted by Crippen LogP contribution is 2.38. The molecule has 0 bridgehead atoms. The first-order valence-electron chi connectivity index (χ1n) is 8.39. The number of nitrogens with zero attached hydrogens (tertiary/aromatic N) is 1. The van der Waals surface area contributed by atoms with Crippen molar-refractivity contribution in [3.05, 3.63) is 11.3 Å². The Morgan fingerprint density at radius 3 is 2.77 bits per heavy atom. The maximum Gasteiger partial charge on any atom is 0.168 e. The van der Waals surface area contributed by atoms with Crippen molar-refractivity contribution in [2.75, 3.05) is 18.1 Å². The number of carbonyl (C=O) groups is 1. The molecule has 2 unspecified atom stereocenters. The number of hydrogen-bond acceptors (Lipinski definition) is 5. The third kappa shape index (κ3) is 4.28. The second-order valence-corrected chi connectivity index (χ2v) is 7.25. The molecule has 1 heterocycles. The van der Waals surface area contributed by atoms with Crippen molar-refractivity contribution in [1.82, 2.24) is 0 Å². The van der Waals surface area contributed by atoms with Gasteiger partial charge in [0, 0.05) is 12.8 Å². The predicted molar refractivity (Wildman–Crippen MR) is 91.4 cm³/mol. The van der Waals surface area contributed by atoms with Crippen molar-refractivity contribution < 1.29 is 14.7 Å². The quantitative estimate of drug-likeness (QED) is 0.589. The van der Waals surface area contributed by atoms with Crippen LogP contribution in [-0.4, -0.2) is 34.7 Å². The minimum absolute atomic E-state index is 0.0382. The van der Waals surface area contributed by atoms with Gasteiger partial charge in [0.1, 0.15) is 12.4 Å². The molecule has 5 heteroatoms. The van der Waals surface area contributed by atoms with E-state index in [9.17, 15) is 9.90 Å². The molecule has 2 aliphatic rings. The van der Waals surface area contributed by atoms with E-state index < -0.39 is 0 Å². The number of aliphatic hydroxyl groups excluding tert-OH is 1. The summed E-state index contributed by atoms with van der Waals surface area (Å²) >= 11 is 1.97. The van der Waals surface area contributed by atoms with Crippen LogP contribution >= 0.6 is 11.8 Å². The molecule has 0 aromatic carbocycles. The van der Waals surface area contributed by atoms with Crippen LogP contribution in [0.5, 0.6) is 0 Å². The molecule has 1 fully saturated rings. The zero-order valence-electron chi connectivity index (χ0n) is 13.6. The fourth-order valence-corrected chi connectivity index (χ4v) is 4.60. The van der Waals surface area contributed by atoms with Gasteiger partial charge in [-0.3, -0.25) is 4.79 Å². The summed E-state index contributed by atoms with van der Waals surface area (Å²) in [5.41, 5.74) is 1.04. The summed E-state index contributed by atoms with van der Waals surface area (Å²) < 4.78 is 0. The number of allylic oxidation sites excluding steroid dienone is 2. The van der Waals surface area contributed by atoms with E-state index in [0.29, 0.717) is 49.0 Å². The lowest BCUT2D eigenvalue weighted by Gasteiger charge is -2.32. The van der Waals surface area contributed by atoms with Gasteiger partial charge in [0.15, 0.2) is 5.78 Å². The van der Waals surface area contributed by atoms with E-state index >= 15 is 0 Å². The number of thioether (sulfide) groups is 1. The van der Waals surface area contributed by atoms with Crippen LogP contribution < -0.4 is 0 Å².